The van der Waals surface area contributed by atoms with E-state index in [0.29, 0.717) is 57.7 Å². The van der Waals surface area contributed by atoms with E-state index < -0.39 is 23.5 Å². The summed E-state index contributed by atoms with van der Waals surface area (Å²) in [6, 6.07) is 8.63. The molecule has 4 heterocycles. The van der Waals surface area contributed by atoms with Gasteiger partial charge in [0.15, 0.2) is 29.1 Å². The summed E-state index contributed by atoms with van der Waals surface area (Å²) in [6.07, 6.45) is 0.00137. The second-order valence-electron chi connectivity index (χ2n) is 11.6. The van der Waals surface area contributed by atoms with E-state index in [2.05, 4.69) is 0 Å². The minimum atomic E-state index is -1.39. The number of fused-ring (bicyclic) bond motifs is 3. The monoisotopic (exact) mass is 591 g/mol. The Morgan fingerprint density at radius 2 is 1.95 bits per heavy atom. The number of ether oxygens (including phenoxy) is 2. The van der Waals surface area contributed by atoms with E-state index in [1.54, 1.807) is 44.3 Å². The van der Waals surface area contributed by atoms with Crippen molar-refractivity contribution >= 4 is 34.3 Å². The highest BCUT2D eigenvalue weighted by Crippen LogP contribution is 2.42. The molecule has 0 fully saturated rings. The lowest BCUT2D eigenvalue weighted by Crippen LogP contribution is -2.29. The van der Waals surface area contributed by atoms with Crippen LogP contribution in [0, 0.1) is 19.7 Å². The van der Waals surface area contributed by atoms with Gasteiger partial charge in [0.2, 0.25) is 0 Å². The molecular formula is C31H31ClFN5O4. The van der Waals surface area contributed by atoms with Crippen LogP contribution in [0.1, 0.15) is 55.7 Å². The van der Waals surface area contributed by atoms with Gasteiger partial charge in [0.05, 0.1) is 28.9 Å². The van der Waals surface area contributed by atoms with Gasteiger partial charge < -0.3 is 19.1 Å². The van der Waals surface area contributed by atoms with E-state index >= 15 is 4.39 Å². The third-order valence-corrected chi connectivity index (χ3v) is 7.79. The maximum Gasteiger partial charge on any atom is 0.337 e. The summed E-state index contributed by atoms with van der Waals surface area (Å²) in [5, 5.41) is 15.9. The standard InChI is InChI=1S/C31H31ClFN5O4/c1-15-18-8-7-11-41-27(18)20(33)13-19(15)26-25(28(30(39)40)42-31(3,4)5)16(2)34-24-14-22(36-38(24)26)29-35-21-10-9-17(32)12-23(21)37(29)6/h9-10,12-14,28H,7-8,11H2,1-6H3,(H,39,40). The van der Waals surface area contributed by atoms with Gasteiger partial charge >= 0.3 is 5.97 Å². The third-order valence-electron chi connectivity index (χ3n) is 7.55. The summed E-state index contributed by atoms with van der Waals surface area (Å²) >= 11 is 6.24. The zero-order valence-electron chi connectivity index (χ0n) is 24.2. The number of aromatic nitrogens is 5. The predicted molar refractivity (Wildman–Crippen MR) is 158 cm³/mol. The molecule has 0 saturated heterocycles. The van der Waals surface area contributed by atoms with Gasteiger partial charge in [0.1, 0.15) is 5.69 Å². The lowest BCUT2D eigenvalue weighted by atomic mass is 9.91. The number of carbonyl (C=O) groups is 1. The van der Waals surface area contributed by atoms with E-state index in [1.807, 2.05) is 30.7 Å². The average molecular weight is 592 g/mol. The number of halogens is 2. The van der Waals surface area contributed by atoms with Crippen LogP contribution in [0.15, 0.2) is 30.3 Å². The van der Waals surface area contributed by atoms with Crippen molar-refractivity contribution < 1.29 is 23.8 Å². The van der Waals surface area contributed by atoms with Gasteiger partial charge in [-0.25, -0.2) is 23.7 Å². The maximum atomic E-state index is 15.6. The van der Waals surface area contributed by atoms with Crippen molar-refractivity contribution in [3.63, 3.8) is 0 Å². The largest absolute Gasteiger partial charge is 0.490 e. The SMILES string of the molecule is Cc1nc2cc(-c3nc4ccc(Cl)cc4n3C)nn2c(-c2cc(F)c3c(c2C)CCCO3)c1C(OC(C)(C)C)C(=O)O. The number of benzene rings is 2. The van der Waals surface area contributed by atoms with Crippen LogP contribution in [0.25, 0.3) is 39.5 Å². The van der Waals surface area contributed by atoms with Crippen LogP contribution < -0.4 is 4.74 Å². The molecule has 0 radical (unpaired) electrons. The highest BCUT2D eigenvalue weighted by atomic mass is 35.5. The number of imidazole rings is 1. The fourth-order valence-electron chi connectivity index (χ4n) is 5.70. The van der Waals surface area contributed by atoms with Crippen LogP contribution in [0.3, 0.4) is 0 Å². The number of carboxylic acid groups (broad SMARTS) is 1. The molecule has 1 unspecified atom stereocenters. The molecule has 1 N–H and O–H groups in total. The van der Waals surface area contributed by atoms with Gasteiger partial charge in [0.25, 0.3) is 0 Å². The number of aryl methyl sites for hydroxylation is 2. The van der Waals surface area contributed by atoms with Gasteiger partial charge in [-0.1, -0.05) is 11.6 Å². The molecule has 1 aliphatic rings. The second kappa shape index (κ2) is 10.1. The van der Waals surface area contributed by atoms with Crippen molar-refractivity contribution in [2.24, 2.45) is 7.05 Å². The summed E-state index contributed by atoms with van der Waals surface area (Å²) < 4.78 is 30.8. The summed E-state index contributed by atoms with van der Waals surface area (Å²) in [4.78, 5) is 22.3. The molecule has 218 valence electrons. The van der Waals surface area contributed by atoms with Crippen molar-refractivity contribution in [1.82, 2.24) is 24.1 Å². The zero-order valence-corrected chi connectivity index (χ0v) is 25.0. The van der Waals surface area contributed by atoms with Gasteiger partial charge in [-0.05, 0) is 77.3 Å². The Morgan fingerprint density at radius 1 is 1.19 bits per heavy atom. The second-order valence-corrected chi connectivity index (χ2v) is 12.1. The number of nitrogens with zero attached hydrogens (tertiary/aromatic N) is 5. The van der Waals surface area contributed by atoms with Crippen molar-refractivity contribution in [1.29, 1.82) is 0 Å². The number of aliphatic carboxylic acids is 1. The maximum absolute atomic E-state index is 15.6. The first kappa shape index (κ1) is 28.1. The number of hydrogen-bond donors (Lipinski definition) is 1. The molecule has 5 aromatic rings. The lowest BCUT2D eigenvalue weighted by molar-refractivity contribution is -0.160. The van der Waals surface area contributed by atoms with Crippen molar-refractivity contribution in [2.45, 2.75) is 59.2 Å². The van der Waals surface area contributed by atoms with Gasteiger partial charge in [0, 0.05) is 40.5 Å². The Balaban J connectivity index is 1.68. The fourth-order valence-corrected chi connectivity index (χ4v) is 5.86. The minimum Gasteiger partial charge on any atom is -0.490 e. The molecule has 42 heavy (non-hydrogen) atoms. The molecule has 1 aliphatic heterocycles. The summed E-state index contributed by atoms with van der Waals surface area (Å²) in [5.41, 5.74) is 4.92. The number of hydrogen-bond acceptors (Lipinski definition) is 6. The Morgan fingerprint density at radius 3 is 2.67 bits per heavy atom. The normalized spacial score (nSPS) is 14.3. The van der Waals surface area contributed by atoms with Crippen molar-refractivity contribution in [3.8, 4) is 28.5 Å². The molecular weight excluding hydrogens is 561 g/mol. The topological polar surface area (TPSA) is 104 Å². The van der Waals surface area contributed by atoms with E-state index in [-0.39, 0.29) is 5.75 Å². The molecule has 0 spiro atoms. The van der Waals surface area contributed by atoms with E-state index in [1.165, 1.54) is 6.07 Å². The quantitative estimate of drug-likeness (QED) is 0.245. The molecule has 1 atom stereocenters. The lowest BCUT2D eigenvalue weighted by Gasteiger charge is -2.28. The van der Waals surface area contributed by atoms with Crippen LogP contribution >= 0.6 is 11.6 Å². The first-order valence-electron chi connectivity index (χ1n) is 13.7. The average Bonchev–Trinajstić information content (AvgIpc) is 3.48. The molecule has 11 heteroatoms. The first-order chi connectivity index (χ1) is 19.8. The molecule has 0 bridgehead atoms. The van der Waals surface area contributed by atoms with Gasteiger partial charge in [-0.15, -0.1) is 0 Å². The molecule has 0 aliphatic carbocycles. The van der Waals surface area contributed by atoms with E-state index in [9.17, 15) is 9.90 Å². The third kappa shape index (κ3) is 4.68. The van der Waals surface area contributed by atoms with Crippen LogP contribution in [-0.4, -0.2) is 47.4 Å². The molecule has 3 aromatic heterocycles. The fraction of sp³-hybridized carbons (Fsp3) is 0.355. The first-order valence-corrected chi connectivity index (χ1v) is 14.1. The Kier molecular flexibility index (Phi) is 6.74. The minimum absolute atomic E-state index is 0.242. The summed E-state index contributed by atoms with van der Waals surface area (Å²) in [7, 11) is 1.87. The predicted octanol–water partition coefficient (Wildman–Crippen LogP) is 6.63. The Hall–Kier alpha value is -4.02. The summed E-state index contributed by atoms with van der Waals surface area (Å²) in [5.74, 6) is -0.881. The molecule has 6 rings (SSSR count). The van der Waals surface area contributed by atoms with Crippen LogP contribution in [0.2, 0.25) is 5.02 Å². The molecule has 0 saturated carbocycles. The molecule has 2 aromatic carbocycles. The smallest absolute Gasteiger partial charge is 0.337 e. The number of carboxylic acids is 1. The van der Waals surface area contributed by atoms with E-state index in [4.69, 9.17) is 36.1 Å². The van der Waals surface area contributed by atoms with Gasteiger partial charge in [-0.3, -0.25) is 0 Å². The Bertz CT molecular complexity index is 1910. The van der Waals surface area contributed by atoms with Crippen LogP contribution in [0.4, 0.5) is 4.39 Å². The Labute approximate surface area is 246 Å². The highest BCUT2D eigenvalue weighted by molar-refractivity contribution is 6.31. The highest BCUT2D eigenvalue weighted by Gasteiger charge is 2.35. The van der Waals surface area contributed by atoms with Crippen LogP contribution in [0.5, 0.6) is 5.75 Å². The summed E-state index contributed by atoms with van der Waals surface area (Å²) in [6.45, 7) is 9.43. The zero-order chi connectivity index (χ0) is 30.1. The van der Waals surface area contributed by atoms with Crippen molar-refractivity contribution in [3.05, 3.63) is 63.6 Å². The van der Waals surface area contributed by atoms with Gasteiger partial charge in [-0.2, -0.15) is 5.10 Å². The number of rotatable bonds is 5. The van der Waals surface area contributed by atoms with Crippen LogP contribution in [-0.2, 0) is 23.0 Å². The van der Waals surface area contributed by atoms with E-state index in [0.717, 1.165) is 28.6 Å². The van der Waals surface area contributed by atoms with Crippen molar-refractivity contribution in [2.75, 3.05) is 6.61 Å². The molecule has 9 nitrogen and oxygen atoms in total. The molecule has 0 amide bonds.